The minimum atomic E-state index is -0.379. The molecule has 0 spiro atoms. The number of likely N-dealkylation sites (tertiary alicyclic amines) is 1. The highest BCUT2D eigenvalue weighted by Crippen LogP contribution is 2.33. The number of nitrogens with zero attached hydrogens (tertiary/aromatic N) is 1. The second-order valence-electron chi connectivity index (χ2n) is 5.50. The Kier molecular flexibility index (Phi) is 4.66. The molecule has 0 aromatic heterocycles. The lowest BCUT2D eigenvalue weighted by atomic mass is 9.80. The first-order chi connectivity index (χ1) is 8.58. The molecule has 2 unspecified atom stereocenters. The van der Waals surface area contributed by atoms with Gasteiger partial charge < -0.3 is 10.0 Å². The molecule has 1 aromatic rings. The van der Waals surface area contributed by atoms with Crippen molar-refractivity contribution in [3.8, 4) is 0 Å². The lowest BCUT2D eigenvalue weighted by Gasteiger charge is -2.34. The minimum absolute atomic E-state index is 0.305. The molecule has 2 nitrogen and oxygen atoms in total. The third kappa shape index (κ3) is 3.25. The van der Waals surface area contributed by atoms with Gasteiger partial charge in [-0.25, -0.2) is 0 Å². The molecular formula is C15H22ClNO. The molecule has 1 aliphatic rings. The Morgan fingerprint density at radius 1 is 1.22 bits per heavy atom. The molecule has 100 valence electrons. The highest BCUT2D eigenvalue weighted by Gasteiger charge is 2.27. The van der Waals surface area contributed by atoms with Gasteiger partial charge in [0, 0.05) is 5.02 Å². The van der Waals surface area contributed by atoms with Crippen LogP contribution in [0.5, 0.6) is 0 Å². The van der Waals surface area contributed by atoms with Crippen LogP contribution in [0.1, 0.15) is 31.4 Å². The summed E-state index contributed by atoms with van der Waals surface area (Å²) in [5, 5.41) is 11.2. The fraction of sp³-hybridized carbons (Fsp3) is 0.600. The number of piperidine rings is 1. The Bertz CT molecular complexity index is 371. The van der Waals surface area contributed by atoms with Gasteiger partial charge in [0.05, 0.1) is 6.10 Å². The molecule has 0 aliphatic carbocycles. The Labute approximate surface area is 115 Å². The molecule has 1 saturated heterocycles. The number of hydrogen-bond donors (Lipinski definition) is 1. The van der Waals surface area contributed by atoms with Gasteiger partial charge in [0.15, 0.2) is 0 Å². The summed E-state index contributed by atoms with van der Waals surface area (Å²) in [5.41, 5.74) is 0.978. The number of aliphatic hydroxyl groups excluding tert-OH is 1. The maximum absolute atomic E-state index is 10.4. The molecule has 1 aromatic carbocycles. The first kappa shape index (κ1) is 13.9. The van der Waals surface area contributed by atoms with E-state index in [9.17, 15) is 5.11 Å². The monoisotopic (exact) mass is 267 g/mol. The summed E-state index contributed by atoms with van der Waals surface area (Å²) in [6.07, 6.45) is 1.99. The molecule has 0 amide bonds. The van der Waals surface area contributed by atoms with Gasteiger partial charge in [-0.3, -0.25) is 0 Å². The predicted octanol–water partition coefficient (Wildman–Crippen LogP) is 3.35. The van der Waals surface area contributed by atoms with Crippen LogP contribution in [0.15, 0.2) is 24.3 Å². The molecule has 1 fully saturated rings. The topological polar surface area (TPSA) is 23.5 Å². The van der Waals surface area contributed by atoms with Crippen LogP contribution in [-0.2, 0) is 0 Å². The van der Waals surface area contributed by atoms with Crippen LogP contribution in [0.2, 0.25) is 5.02 Å². The van der Waals surface area contributed by atoms with E-state index in [0.29, 0.717) is 11.8 Å². The average molecular weight is 268 g/mol. The molecular weight excluding hydrogens is 246 g/mol. The molecule has 0 saturated carbocycles. The van der Waals surface area contributed by atoms with Crippen molar-refractivity contribution in [2.24, 2.45) is 11.8 Å². The maximum atomic E-state index is 10.4. The van der Waals surface area contributed by atoms with E-state index in [0.717, 1.165) is 23.7 Å². The summed E-state index contributed by atoms with van der Waals surface area (Å²) < 4.78 is 0. The van der Waals surface area contributed by atoms with Gasteiger partial charge in [-0.15, -0.1) is 0 Å². The van der Waals surface area contributed by atoms with Gasteiger partial charge >= 0.3 is 0 Å². The molecule has 18 heavy (non-hydrogen) atoms. The van der Waals surface area contributed by atoms with Gasteiger partial charge in [0.2, 0.25) is 0 Å². The van der Waals surface area contributed by atoms with Gasteiger partial charge in [-0.1, -0.05) is 30.7 Å². The normalized spacial score (nSPS) is 21.8. The largest absolute Gasteiger partial charge is 0.388 e. The standard InChI is InChI=1S/C15H22ClNO/c1-11(12-7-9-17(2)10-8-12)15(18)13-3-5-14(16)6-4-13/h3-6,11-12,15,18H,7-10H2,1-2H3. The summed E-state index contributed by atoms with van der Waals surface area (Å²) in [7, 11) is 2.16. The molecule has 3 heteroatoms. The van der Waals surface area contributed by atoms with Crippen molar-refractivity contribution in [1.82, 2.24) is 4.90 Å². The van der Waals surface area contributed by atoms with Crippen molar-refractivity contribution in [2.45, 2.75) is 25.9 Å². The van der Waals surface area contributed by atoms with E-state index in [1.54, 1.807) is 0 Å². The number of hydrogen-bond acceptors (Lipinski definition) is 2. The van der Waals surface area contributed by atoms with Crippen molar-refractivity contribution in [3.63, 3.8) is 0 Å². The molecule has 0 radical (unpaired) electrons. The van der Waals surface area contributed by atoms with E-state index in [1.807, 2.05) is 24.3 Å². The van der Waals surface area contributed by atoms with E-state index in [2.05, 4.69) is 18.9 Å². The fourth-order valence-corrected chi connectivity index (χ4v) is 2.90. The SMILES string of the molecule is CC(C1CCN(C)CC1)C(O)c1ccc(Cl)cc1. The maximum Gasteiger partial charge on any atom is 0.0818 e. The predicted molar refractivity (Wildman–Crippen MR) is 75.8 cm³/mol. The lowest BCUT2D eigenvalue weighted by Crippen LogP contribution is -2.34. The molecule has 1 N–H and O–H groups in total. The second-order valence-corrected chi connectivity index (χ2v) is 5.93. The zero-order chi connectivity index (χ0) is 13.1. The summed E-state index contributed by atoms with van der Waals surface area (Å²) in [6.45, 7) is 4.44. The van der Waals surface area contributed by atoms with Crippen LogP contribution in [-0.4, -0.2) is 30.1 Å². The zero-order valence-corrected chi connectivity index (χ0v) is 11.9. The van der Waals surface area contributed by atoms with Gasteiger partial charge in [0.25, 0.3) is 0 Å². The third-order valence-corrected chi connectivity index (χ3v) is 4.47. The average Bonchev–Trinajstić information content (AvgIpc) is 2.39. The Morgan fingerprint density at radius 3 is 2.33 bits per heavy atom. The van der Waals surface area contributed by atoms with Crippen molar-refractivity contribution in [3.05, 3.63) is 34.9 Å². The van der Waals surface area contributed by atoms with E-state index < -0.39 is 0 Å². The Balaban J connectivity index is 1.99. The summed E-state index contributed by atoms with van der Waals surface area (Å²) in [4.78, 5) is 2.36. The van der Waals surface area contributed by atoms with Gasteiger partial charge in [-0.05, 0) is 62.5 Å². The summed E-state index contributed by atoms with van der Waals surface area (Å²) in [5.74, 6) is 0.923. The number of aliphatic hydroxyl groups is 1. The number of halogens is 1. The highest BCUT2D eigenvalue weighted by molar-refractivity contribution is 6.30. The minimum Gasteiger partial charge on any atom is -0.388 e. The van der Waals surface area contributed by atoms with Gasteiger partial charge in [-0.2, -0.15) is 0 Å². The molecule has 0 bridgehead atoms. The quantitative estimate of drug-likeness (QED) is 0.908. The van der Waals surface area contributed by atoms with Crippen molar-refractivity contribution >= 4 is 11.6 Å². The Morgan fingerprint density at radius 2 is 1.78 bits per heavy atom. The second kappa shape index (κ2) is 6.05. The van der Waals surface area contributed by atoms with Crippen LogP contribution in [0, 0.1) is 11.8 Å². The molecule has 1 aliphatic heterocycles. The zero-order valence-electron chi connectivity index (χ0n) is 11.1. The summed E-state index contributed by atoms with van der Waals surface area (Å²) in [6, 6.07) is 7.56. The number of benzene rings is 1. The first-order valence-corrected chi connectivity index (χ1v) is 7.08. The van der Waals surface area contributed by atoms with Gasteiger partial charge in [0.1, 0.15) is 0 Å². The summed E-state index contributed by atoms with van der Waals surface area (Å²) >= 11 is 5.87. The van der Waals surface area contributed by atoms with Crippen LogP contribution >= 0.6 is 11.6 Å². The smallest absolute Gasteiger partial charge is 0.0818 e. The number of rotatable bonds is 3. The van der Waals surface area contributed by atoms with Crippen molar-refractivity contribution in [2.75, 3.05) is 20.1 Å². The fourth-order valence-electron chi connectivity index (χ4n) is 2.78. The van der Waals surface area contributed by atoms with E-state index >= 15 is 0 Å². The van der Waals surface area contributed by atoms with Crippen LogP contribution in [0.3, 0.4) is 0 Å². The lowest BCUT2D eigenvalue weighted by molar-refractivity contribution is 0.0567. The third-order valence-electron chi connectivity index (χ3n) is 4.22. The van der Waals surface area contributed by atoms with E-state index in [1.165, 1.54) is 12.8 Å². The van der Waals surface area contributed by atoms with E-state index in [4.69, 9.17) is 11.6 Å². The molecule has 1 heterocycles. The Hall–Kier alpha value is -0.570. The van der Waals surface area contributed by atoms with Crippen molar-refractivity contribution < 1.29 is 5.11 Å². The van der Waals surface area contributed by atoms with Crippen LogP contribution in [0.25, 0.3) is 0 Å². The van der Waals surface area contributed by atoms with Crippen LogP contribution < -0.4 is 0 Å². The van der Waals surface area contributed by atoms with Crippen molar-refractivity contribution in [1.29, 1.82) is 0 Å². The van der Waals surface area contributed by atoms with E-state index in [-0.39, 0.29) is 6.10 Å². The highest BCUT2D eigenvalue weighted by atomic mass is 35.5. The van der Waals surface area contributed by atoms with Crippen LogP contribution in [0.4, 0.5) is 0 Å². The first-order valence-electron chi connectivity index (χ1n) is 6.70. The molecule has 2 atom stereocenters. The molecule has 2 rings (SSSR count).